The molecule has 0 saturated heterocycles. The largest absolute Gasteiger partial charge is 0.391 e. The molecule has 0 saturated carbocycles. The summed E-state index contributed by atoms with van der Waals surface area (Å²) < 4.78 is 0. The molecule has 0 aliphatic carbocycles. The van der Waals surface area contributed by atoms with Crippen LogP contribution >= 0.6 is 8.38 Å². The van der Waals surface area contributed by atoms with E-state index < -0.39 is 8.38 Å². The van der Waals surface area contributed by atoms with E-state index in [4.69, 9.17) is 9.79 Å². The molecule has 0 unspecified atom stereocenters. The number of nitrogens with zero attached hydrogens (tertiary/aromatic N) is 1. The summed E-state index contributed by atoms with van der Waals surface area (Å²) in [6.45, 7) is 3.73. The van der Waals surface area contributed by atoms with Crippen LogP contribution in [0.3, 0.4) is 0 Å². The highest BCUT2D eigenvalue weighted by Crippen LogP contribution is 2.16. The Kier molecular flexibility index (Phi) is 11.3. The van der Waals surface area contributed by atoms with E-state index in [1.54, 1.807) is 0 Å². The average molecular weight is 232 g/mol. The predicted molar refractivity (Wildman–Crippen MR) is 66.0 cm³/mol. The molecule has 0 aromatic rings. The monoisotopic (exact) mass is 232 g/mol. The van der Waals surface area contributed by atoms with Crippen molar-refractivity contribution in [3.63, 3.8) is 0 Å². The van der Waals surface area contributed by atoms with Crippen LogP contribution in [0.15, 0.2) is 17.3 Å². The van der Waals surface area contributed by atoms with Crippen molar-refractivity contribution >= 4 is 14.3 Å². The van der Waals surface area contributed by atoms with Crippen molar-refractivity contribution in [3.05, 3.63) is 12.3 Å². The zero-order chi connectivity index (χ0) is 11.4. The first kappa shape index (κ1) is 14.6. The van der Waals surface area contributed by atoms with E-state index in [0.717, 1.165) is 32.2 Å². The zero-order valence-corrected chi connectivity index (χ0v) is 10.2. The molecule has 0 bridgehead atoms. The van der Waals surface area contributed by atoms with E-state index in [2.05, 4.69) is 23.3 Å². The summed E-state index contributed by atoms with van der Waals surface area (Å²) in [5.74, 6) is 1.22. The molecule has 88 valence electrons. The lowest BCUT2D eigenvalue weighted by Crippen LogP contribution is -2.01. The van der Waals surface area contributed by atoms with Gasteiger partial charge in [0, 0.05) is 13.1 Å². The van der Waals surface area contributed by atoms with Crippen LogP contribution in [0.1, 0.15) is 32.6 Å². The maximum absolute atomic E-state index is 8.53. The van der Waals surface area contributed by atoms with Gasteiger partial charge in [0.15, 0.2) is 0 Å². The summed E-state index contributed by atoms with van der Waals surface area (Å²) >= 11 is 0. The predicted octanol–water partition coefficient (Wildman–Crippen LogP) is 1.99. The van der Waals surface area contributed by atoms with E-state index >= 15 is 0 Å². The highest BCUT2D eigenvalue weighted by molar-refractivity contribution is 7.61. The maximum atomic E-state index is 8.53. The Bertz CT molecular complexity index is 184. The number of rotatable bonds is 9. The Morgan fingerprint density at radius 3 is 2.73 bits per heavy atom. The van der Waals surface area contributed by atoms with Crippen molar-refractivity contribution in [2.24, 2.45) is 4.99 Å². The van der Waals surface area contributed by atoms with Crippen LogP contribution in [0.2, 0.25) is 0 Å². The fourth-order valence-electron chi connectivity index (χ4n) is 1.06. The molecule has 0 aliphatic heterocycles. The minimum absolute atomic E-state index is 0.691. The molecule has 0 amide bonds. The normalized spacial score (nSPS) is 12.0. The number of hydrogen-bond acceptors (Lipinski definition) is 4. The molecule has 0 radical (unpaired) electrons. The molecule has 15 heavy (non-hydrogen) atoms. The Hall–Kier alpha value is -0.440. The van der Waals surface area contributed by atoms with Crippen LogP contribution in [0.25, 0.3) is 0 Å². The SMILES string of the molecule is CCNC=CCCCCCN=CP(O)O. The van der Waals surface area contributed by atoms with Gasteiger partial charge >= 0.3 is 0 Å². The van der Waals surface area contributed by atoms with Crippen LogP contribution in [0.4, 0.5) is 0 Å². The summed E-state index contributed by atoms with van der Waals surface area (Å²) in [4.78, 5) is 21.0. The van der Waals surface area contributed by atoms with Crippen LogP contribution < -0.4 is 5.32 Å². The second-order valence-corrected chi connectivity index (χ2v) is 4.02. The first-order chi connectivity index (χ1) is 7.27. The van der Waals surface area contributed by atoms with Gasteiger partial charge in [-0.3, -0.25) is 4.99 Å². The molecular weight excluding hydrogens is 211 g/mol. The Labute approximate surface area is 93.0 Å². The zero-order valence-electron chi connectivity index (χ0n) is 9.26. The maximum Gasteiger partial charge on any atom is 0.211 e. The summed E-state index contributed by atoms with van der Waals surface area (Å²) in [7, 11) is -1.95. The average Bonchev–Trinajstić information content (AvgIpc) is 2.20. The van der Waals surface area contributed by atoms with Gasteiger partial charge in [-0.2, -0.15) is 0 Å². The van der Waals surface area contributed by atoms with E-state index in [-0.39, 0.29) is 0 Å². The fourth-order valence-corrected chi connectivity index (χ4v) is 1.32. The van der Waals surface area contributed by atoms with Gasteiger partial charge in [0.1, 0.15) is 0 Å². The van der Waals surface area contributed by atoms with Crippen molar-refractivity contribution in [3.8, 4) is 0 Å². The molecule has 3 N–H and O–H groups in total. The third-order valence-corrected chi connectivity index (χ3v) is 2.15. The van der Waals surface area contributed by atoms with Crippen molar-refractivity contribution < 1.29 is 9.79 Å². The molecule has 0 heterocycles. The standard InChI is InChI=1S/C10H21N2O2P/c1-2-11-8-6-4-3-5-7-9-12-10-15(13)14/h6,8,10-11,13-14H,2-5,7,9H2,1H3. The lowest BCUT2D eigenvalue weighted by Gasteiger charge is -1.96. The third kappa shape index (κ3) is 13.6. The second-order valence-electron chi connectivity index (χ2n) is 3.15. The van der Waals surface area contributed by atoms with Crippen molar-refractivity contribution in [1.82, 2.24) is 5.32 Å². The van der Waals surface area contributed by atoms with Gasteiger partial charge in [-0.25, -0.2) is 0 Å². The van der Waals surface area contributed by atoms with Crippen molar-refractivity contribution in [2.75, 3.05) is 13.1 Å². The minimum Gasteiger partial charge on any atom is -0.391 e. The second kappa shape index (κ2) is 11.6. The Morgan fingerprint density at radius 2 is 2.07 bits per heavy atom. The van der Waals surface area contributed by atoms with E-state index in [1.165, 1.54) is 5.96 Å². The molecular formula is C10H21N2O2P. The number of hydrogen-bond donors (Lipinski definition) is 3. The number of unbranched alkanes of at least 4 members (excludes halogenated alkanes) is 3. The molecule has 4 nitrogen and oxygen atoms in total. The van der Waals surface area contributed by atoms with Gasteiger partial charge in [0.2, 0.25) is 8.38 Å². The lowest BCUT2D eigenvalue weighted by atomic mass is 10.2. The van der Waals surface area contributed by atoms with Gasteiger partial charge in [0.25, 0.3) is 0 Å². The highest BCUT2D eigenvalue weighted by atomic mass is 31.2. The smallest absolute Gasteiger partial charge is 0.211 e. The van der Waals surface area contributed by atoms with Gasteiger partial charge in [0.05, 0.1) is 5.96 Å². The molecule has 0 fully saturated rings. The van der Waals surface area contributed by atoms with Gasteiger partial charge in [-0.1, -0.05) is 12.5 Å². The molecule has 5 heteroatoms. The highest BCUT2D eigenvalue weighted by Gasteiger charge is 1.89. The molecule has 0 rings (SSSR count). The lowest BCUT2D eigenvalue weighted by molar-refractivity contribution is 0.501. The van der Waals surface area contributed by atoms with Gasteiger partial charge in [-0.05, 0) is 32.4 Å². The van der Waals surface area contributed by atoms with Crippen molar-refractivity contribution in [1.29, 1.82) is 0 Å². The topological polar surface area (TPSA) is 64.9 Å². The fraction of sp³-hybridized carbons (Fsp3) is 0.700. The van der Waals surface area contributed by atoms with Crippen LogP contribution in [0.5, 0.6) is 0 Å². The summed E-state index contributed by atoms with van der Waals surface area (Å²) in [5.41, 5.74) is 0. The summed E-state index contributed by atoms with van der Waals surface area (Å²) in [6, 6.07) is 0. The van der Waals surface area contributed by atoms with E-state index in [0.29, 0.717) is 6.54 Å². The summed E-state index contributed by atoms with van der Waals surface area (Å²) in [5, 5.41) is 3.11. The van der Waals surface area contributed by atoms with Gasteiger partial charge in [-0.15, -0.1) is 0 Å². The first-order valence-corrected chi connectivity index (χ1v) is 6.64. The number of allylic oxidation sites excluding steroid dienone is 1. The van der Waals surface area contributed by atoms with Crippen LogP contribution in [-0.2, 0) is 0 Å². The van der Waals surface area contributed by atoms with Crippen LogP contribution in [-0.4, -0.2) is 28.8 Å². The van der Waals surface area contributed by atoms with E-state index in [1.807, 2.05) is 6.20 Å². The van der Waals surface area contributed by atoms with Crippen LogP contribution in [0, 0.1) is 0 Å². The molecule has 0 aliphatic rings. The molecule has 0 aromatic carbocycles. The minimum atomic E-state index is -1.95. The number of aliphatic imine (C=N–C) groups is 1. The van der Waals surface area contributed by atoms with Crippen molar-refractivity contribution in [2.45, 2.75) is 32.6 Å². The van der Waals surface area contributed by atoms with E-state index in [9.17, 15) is 0 Å². The molecule has 0 spiro atoms. The van der Waals surface area contributed by atoms with Gasteiger partial charge < -0.3 is 15.1 Å². The third-order valence-electron chi connectivity index (χ3n) is 1.78. The Balaban J connectivity index is 3.11. The number of nitrogens with one attached hydrogen (secondary N) is 1. The Morgan fingerprint density at radius 1 is 1.27 bits per heavy atom. The quantitative estimate of drug-likeness (QED) is 0.323. The summed E-state index contributed by atoms with van der Waals surface area (Å²) in [6.07, 6.45) is 8.50. The molecule has 0 aromatic heterocycles. The first-order valence-electron chi connectivity index (χ1n) is 5.32. The molecule has 0 atom stereocenters.